The molecule has 82 valence electrons. The highest BCUT2D eigenvalue weighted by molar-refractivity contribution is 4.91. The van der Waals surface area contributed by atoms with E-state index in [-0.39, 0.29) is 0 Å². The second-order valence-electron chi connectivity index (χ2n) is 4.65. The van der Waals surface area contributed by atoms with Gasteiger partial charge in [-0.2, -0.15) is 0 Å². The number of rotatable bonds is 4. The fourth-order valence-corrected chi connectivity index (χ4v) is 2.16. The Labute approximate surface area is 88.4 Å². The smallest absolute Gasteiger partial charge is 0.0195 e. The quantitative estimate of drug-likeness (QED) is 0.692. The zero-order valence-corrected chi connectivity index (χ0v) is 9.68. The van der Waals surface area contributed by atoms with Gasteiger partial charge >= 0.3 is 0 Å². The molecule has 1 unspecified atom stereocenters. The highest BCUT2D eigenvalue weighted by Gasteiger charge is 2.13. The first kappa shape index (κ1) is 11.7. The second-order valence-corrected chi connectivity index (χ2v) is 4.65. The fourth-order valence-electron chi connectivity index (χ4n) is 2.16. The van der Waals surface area contributed by atoms with Gasteiger partial charge in [0, 0.05) is 19.1 Å². The first-order valence-corrected chi connectivity index (χ1v) is 5.75. The number of likely N-dealkylation sites (N-methyl/N-ethyl adjacent to an activating group) is 1. The van der Waals surface area contributed by atoms with Crippen LogP contribution in [0.3, 0.4) is 0 Å². The summed E-state index contributed by atoms with van der Waals surface area (Å²) in [5, 5.41) is 3.61. The van der Waals surface area contributed by atoms with E-state index < -0.39 is 0 Å². The van der Waals surface area contributed by atoms with E-state index in [0.717, 1.165) is 13.1 Å². The Kier molecular flexibility index (Phi) is 5.20. The maximum atomic E-state index is 3.94. The fraction of sp³-hybridized carbons (Fsp3) is 0.833. The average molecular weight is 196 g/mol. The summed E-state index contributed by atoms with van der Waals surface area (Å²) >= 11 is 0. The van der Waals surface area contributed by atoms with Crippen molar-refractivity contribution < 1.29 is 0 Å². The average Bonchev–Trinajstić information content (AvgIpc) is 2.31. The summed E-state index contributed by atoms with van der Waals surface area (Å²) in [4.78, 5) is 2.37. The first-order valence-electron chi connectivity index (χ1n) is 5.75. The molecule has 0 aromatic rings. The molecule has 0 amide bonds. The minimum Gasteiger partial charge on any atom is -0.313 e. The molecule has 2 nitrogen and oxygen atoms in total. The third-order valence-electron chi connectivity index (χ3n) is 2.73. The minimum atomic E-state index is 0.696. The van der Waals surface area contributed by atoms with Gasteiger partial charge in [-0.1, -0.05) is 25.0 Å². The van der Waals surface area contributed by atoms with Gasteiger partial charge in [-0.15, -0.1) is 0 Å². The highest BCUT2D eigenvalue weighted by atomic mass is 15.1. The summed E-state index contributed by atoms with van der Waals surface area (Å²) in [6, 6.07) is 0.696. The Morgan fingerprint density at radius 1 is 1.43 bits per heavy atom. The van der Waals surface area contributed by atoms with Crippen LogP contribution in [0.5, 0.6) is 0 Å². The van der Waals surface area contributed by atoms with Crippen molar-refractivity contribution in [3.8, 4) is 0 Å². The normalized spacial score (nSPS) is 23.5. The third kappa shape index (κ3) is 4.77. The van der Waals surface area contributed by atoms with Crippen molar-refractivity contribution in [1.82, 2.24) is 10.2 Å². The lowest BCUT2D eigenvalue weighted by atomic mass is 10.1. The largest absolute Gasteiger partial charge is 0.313 e. The van der Waals surface area contributed by atoms with Gasteiger partial charge in [0.2, 0.25) is 0 Å². The van der Waals surface area contributed by atoms with Crippen LogP contribution in [0.25, 0.3) is 0 Å². The van der Waals surface area contributed by atoms with Crippen molar-refractivity contribution in [2.45, 2.75) is 38.6 Å². The Bertz CT molecular complexity index is 169. The molecule has 0 saturated carbocycles. The minimum absolute atomic E-state index is 0.696. The van der Waals surface area contributed by atoms with Crippen LogP contribution in [-0.2, 0) is 0 Å². The Morgan fingerprint density at radius 2 is 2.21 bits per heavy atom. The van der Waals surface area contributed by atoms with E-state index in [1.54, 1.807) is 0 Å². The Balaban J connectivity index is 2.23. The van der Waals surface area contributed by atoms with Crippen LogP contribution < -0.4 is 5.32 Å². The van der Waals surface area contributed by atoms with E-state index in [9.17, 15) is 0 Å². The summed E-state index contributed by atoms with van der Waals surface area (Å²) in [6.45, 7) is 9.42. The van der Waals surface area contributed by atoms with Crippen LogP contribution >= 0.6 is 0 Å². The van der Waals surface area contributed by atoms with Crippen LogP contribution in [0.4, 0.5) is 0 Å². The molecule has 0 spiro atoms. The number of hydrogen-bond acceptors (Lipinski definition) is 2. The van der Waals surface area contributed by atoms with Crippen LogP contribution in [0.2, 0.25) is 0 Å². The molecule has 0 aromatic heterocycles. The monoisotopic (exact) mass is 196 g/mol. The van der Waals surface area contributed by atoms with Gasteiger partial charge in [-0.3, -0.25) is 0 Å². The predicted molar refractivity (Wildman–Crippen MR) is 62.6 cm³/mol. The molecule has 1 atom stereocenters. The summed E-state index contributed by atoms with van der Waals surface area (Å²) < 4.78 is 0. The molecule has 0 radical (unpaired) electrons. The second kappa shape index (κ2) is 6.20. The number of nitrogens with one attached hydrogen (secondary N) is 1. The van der Waals surface area contributed by atoms with Gasteiger partial charge in [0.15, 0.2) is 0 Å². The molecular formula is C12H24N2. The zero-order chi connectivity index (χ0) is 10.4. The lowest BCUT2D eigenvalue weighted by Gasteiger charge is -2.23. The van der Waals surface area contributed by atoms with Gasteiger partial charge in [0.25, 0.3) is 0 Å². The van der Waals surface area contributed by atoms with E-state index in [1.165, 1.54) is 37.8 Å². The van der Waals surface area contributed by atoms with E-state index in [2.05, 4.69) is 30.8 Å². The van der Waals surface area contributed by atoms with E-state index in [0.29, 0.717) is 6.04 Å². The molecule has 14 heavy (non-hydrogen) atoms. The van der Waals surface area contributed by atoms with E-state index in [4.69, 9.17) is 0 Å². The van der Waals surface area contributed by atoms with Crippen molar-refractivity contribution in [3.63, 3.8) is 0 Å². The van der Waals surface area contributed by atoms with Gasteiger partial charge in [0.05, 0.1) is 0 Å². The third-order valence-corrected chi connectivity index (χ3v) is 2.73. The Hall–Kier alpha value is -0.340. The number of nitrogens with zero attached hydrogens (tertiary/aromatic N) is 1. The van der Waals surface area contributed by atoms with Gasteiger partial charge < -0.3 is 10.2 Å². The summed E-state index contributed by atoms with van der Waals surface area (Å²) in [5.74, 6) is 0. The summed E-state index contributed by atoms with van der Waals surface area (Å²) in [7, 11) is 2.18. The van der Waals surface area contributed by atoms with Crippen molar-refractivity contribution in [2.75, 3.05) is 26.7 Å². The topological polar surface area (TPSA) is 15.3 Å². The van der Waals surface area contributed by atoms with Crippen LogP contribution in [-0.4, -0.2) is 37.6 Å². The standard InChI is InChI=1S/C12H24N2/c1-11(2)9-14(3)10-12-7-5-4-6-8-13-12/h12-13H,1,4-10H2,2-3H3. The molecule has 2 heteroatoms. The molecule has 1 heterocycles. The van der Waals surface area contributed by atoms with Gasteiger partial charge in [0.1, 0.15) is 0 Å². The molecular weight excluding hydrogens is 172 g/mol. The van der Waals surface area contributed by atoms with Crippen molar-refractivity contribution >= 4 is 0 Å². The maximum absolute atomic E-state index is 3.94. The SMILES string of the molecule is C=C(C)CN(C)CC1CCCCCN1. The molecule has 0 aromatic carbocycles. The molecule has 1 aliphatic heterocycles. The van der Waals surface area contributed by atoms with E-state index in [1.807, 2.05) is 0 Å². The first-order chi connectivity index (χ1) is 6.68. The van der Waals surface area contributed by atoms with Gasteiger partial charge in [-0.25, -0.2) is 0 Å². The number of hydrogen-bond donors (Lipinski definition) is 1. The zero-order valence-electron chi connectivity index (χ0n) is 9.68. The molecule has 0 aliphatic carbocycles. The molecule has 1 saturated heterocycles. The molecule has 1 fully saturated rings. The highest BCUT2D eigenvalue weighted by Crippen LogP contribution is 2.09. The molecule has 1 rings (SSSR count). The molecule has 1 aliphatic rings. The predicted octanol–water partition coefficient (Wildman–Crippen LogP) is 2.03. The lowest BCUT2D eigenvalue weighted by Crippen LogP contribution is -2.39. The van der Waals surface area contributed by atoms with Crippen molar-refractivity contribution in [3.05, 3.63) is 12.2 Å². The van der Waals surface area contributed by atoms with Crippen LogP contribution in [0.15, 0.2) is 12.2 Å². The van der Waals surface area contributed by atoms with Crippen molar-refractivity contribution in [1.29, 1.82) is 0 Å². The lowest BCUT2D eigenvalue weighted by molar-refractivity contribution is 0.304. The summed E-state index contributed by atoms with van der Waals surface area (Å²) in [6.07, 6.45) is 5.47. The summed E-state index contributed by atoms with van der Waals surface area (Å²) in [5.41, 5.74) is 1.25. The molecule has 1 N–H and O–H groups in total. The molecule has 0 bridgehead atoms. The van der Waals surface area contributed by atoms with Crippen molar-refractivity contribution in [2.24, 2.45) is 0 Å². The maximum Gasteiger partial charge on any atom is 0.0195 e. The van der Waals surface area contributed by atoms with Gasteiger partial charge in [-0.05, 0) is 33.4 Å². The van der Waals surface area contributed by atoms with Crippen LogP contribution in [0.1, 0.15) is 32.6 Å². The van der Waals surface area contributed by atoms with E-state index >= 15 is 0 Å². The van der Waals surface area contributed by atoms with Crippen LogP contribution in [0, 0.1) is 0 Å². The Morgan fingerprint density at radius 3 is 2.93 bits per heavy atom.